The molecular formula is C28H40N2O4S. The van der Waals surface area contributed by atoms with Crippen LogP contribution in [0.3, 0.4) is 0 Å². The summed E-state index contributed by atoms with van der Waals surface area (Å²) in [5, 5.41) is 23.5. The van der Waals surface area contributed by atoms with Gasteiger partial charge in [-0.2, -0.15) is 0 Å². The van der Waals surface area contributed by atoms with Crippen LogP contribution in [0.1, 0.15) is 71.3 Å². The molecule has 1 aliphatic heterocycles. The van der Waals surface area contributed by atoms with Crippen molar-refractivity contribution in [3.8, 4) is 5.75 Å². The van der Waals surface area contributed by atoms with Gasteiger partial charge in [-0.1, -0.05) is 18.6 Å². The van der Waals surface area contributed by atoms with Crippen LogP contribution in [-0.4, -0.2) is 70.9 Å². The molecule has 2 aliphatic rings. The number of para-hydroxylation sites is 1. The van der Waals surface area contributed by atoms with E-state index in [4.69, 9.17) is 4.74 Å². The monoisotopic (exact) mass is 500 g/mol. The molecule has 1 amide bonds. The zero-order valence-electron chi connectivity index (χ0n) is 21.1. The van der Waals surface area contributed by atoms with E-state index in [2.05, 4.69) is 23.3 Å². The van der Waals surface area contributed by atoms with Gasteiger partial charge >= 0.3 is 0 Å². The van der Waals surface area contributed by atoms with Crippen molar-refractivity contribution in [3.63, 3.8) is 0 Å². The maximum atomic E-state index is 13.3. The van der Waals surface area contributed by atoms with E-state index in [9.17, 15) is 15.0 Å². The first-order valence-electron chi connectivity index (χ1n) is 13.1. The third kappa shape index (κ3) is 6.64. The molecule has 1 aliphatic carbocycles. The number of amides is 1. The van der Waals surface area contributed by atoms with E-state index in [1.165, 1.54) is 16.9 Å². The minimum atomic E-state index is -1.01. The second-order valence-electron chi connectivity index (χ2n) is 10.1. The zero-order chi connectivity index (χ0) is 24.8. The maximum Gasteiger partial charge on any atom is 0.257 e. The Balaban J connectivity index is 1.48. The molecule has 1 aromatic carbocycles. The van der Waals surface area contributed by atoms with Gasteiger partial charge < -0.3 is 19.8 Å². The predicted octanol–water partition coefficient (Wildman–Crippen LogP) is 4.40. The first kappa shape index (κ1) is 26.1. The Hall–Kier alpha value is -1.93. The standard InChI is InChI=1S/C28H40N2O4S/c1-20-14-17-35-26(20)18-30-15-5-3-4-8-21-9-6-12-23(28(33)29(2)22-10-7-11-22)27(21)34-19-25(32)24(31)13-16-30/h6,9,12,14,17,22,24-25,31-32H,3-5,7-8,10-11,13,15-16,18-19H2,1-2H3/t24-,25+/m0/s1. The Morgan fingerprint density at radius 2 is 1.91 bits per heavy atom. The highest BCUT2D eigenvalue weighted by molar-refractivity contribution is 7.10. The summed E-state index contributed by atoms with van der Waals surface area (Å²) < 4.78 is 6.11. The Morgan fingerprint density at radius 1 is 1.09 bits per heavy atom. The van der Waals surface area contributed by atoms with E-state index in [1.807, 2.05) is 30.1 Å². The number of aliphatic hydroxyl groups excluding tert-OH is 2. The second-order valence-corrected chi connectivity index (χ2v) is 11.1. The fraction of sp³-hybridized carbons (Fsp3) is 0.607. The molecule has 0 spiro atoms. The molecule has 1 aromatic heterocycles. The molecule has 0 saturated heterocycles. The van der Waals surface area contributed by atoms with Gasteiger partial charge in [0.1, 0.15) is 18.5 Å². The number of nitrogens with zero attached hydrogens (tertiary/aromatic N) is 2. The van der Waals surface area contributed by atoms with Crippen LogP contribution in [0.5, 0.6) is 5.75 Å². The van der Waals surface area contributed by atoms with Gasteiger partial charge in [-0.3, -0.25) is 9.69 Å². The Labute approximate surface area is 213 Å². The van der Waals surface area contributed by atoms with Gasteiger partial charge in [-0.05, 0) is 87.1 Å². The molecule has 1 fully saturated rings. The smallest absolute Gasteiger partial charge is 0.257 e. The number of rotatable bonds is 4. The minimum absolute atomic E-state index is 0.0257. The van der Waals surface area contributed by atoms with Crippen LogP contribution in [0.15, 0.2) is 29.6 Å². The van der Waals surface area contributed by atoms with Crippen molar-refractivity contribution < 1.29 is 19.7 Å². The quantitative estimate of drug-likeness (QED) is 0.651. The average molecular weight is 501 g/mol. The van der Waals surface area contributed by atoms with Gasteiger partial charge in [0.2, 0.25) is 0 Å². The number of hydrogen-bond donors (Lipinski definition) is 2. The molecule has 2 atom stereocenters. The molecule has 35 heavy (non-hydrogen) atoms. The molecule has 2 N–H and O–H groups in total. The van der Waals surface area contributed by atoms with E-state index < -0.39 is 12.2 Å². The fourth-order valence-electron chi connectivity index (χ4n) is 4.90. The summed E-state index contributed by atoms with van der Waals surface area (Å²) in [4.78, 5) is 18.9. The lowest BCUT2D eigenvalue weighted by molar-refractivity contribution is -0.0164. The zero-order valence-corrected chi connectivity index (χ0v) is 21.9. The molecule has 0 radical (unpaired) electrons. The SMILES string of the molecule is Cc1ccsc1CN1CCCCCc2cccc(C(=O)N(C)C3CCC3)c2OC[C@@H](O)[C@@H](O)CC1. The van der Waals surface area contributed by atoms with E-state index in [0.29, 0.717) is 23.8 Å². The van der Waals surface area contributed by atoms with Crippen molar-refractivity contribution in [1.82, 2.24) is 9.80 Å². The Morgan fingerprint density at radius 3 is 2.63 bits per heavy atom. The number of ether oxygens (including phenoxy) is 1. The van der Waals surface area contributed by atoms with Crippen molar-refractivity contribution in [2.24, 2.45) is 0 Å². The van der Waals surface area contributed by atoms with Crippen molar-refractivity contribution in [2.45, 2.75) is 83.1 Å². The molecular weight excluding hydrogens is 460 g/mol. The van der Waals surface area contributed by atoms with Crippen molar-refractivity contribution >= 4 is 17.2 Å². The molecule has 7 heteroatoms. The number of benzene rings is 1. The van der Waals surface area contributed by atoms with E-state index >= 15 is 0 Å². The number of hydrogen-bond acceptors (Lipinski definition) is 6. The minimum Gasteiger partial charge on any atom is -0.490 e. The van der Waals surface area contributed by atoms with Crippen LogP contribution in [-0.2, 0) is 13.0 Å². The van der Waals surface area contributed by atoms with E-state index in [0.717, 1.165) is 63.7 Å². The van der Waals surface area contributed by atoms with Crippen LogP contribution < -0.4 is 4.74 Å². The van der Waals surface area contributed by atoms with Crippen LogP contribution in [0.2, 0.25) is 0 Å². The summed E-state index contributed by atoms with van der Waals surface area (Å²) in [6.07, 6.45) is 5.85. The van der Waals surface area contributed by atoms with Crippen LogP contribution in [0, 0.1) is 6.92 Å². The Kier molecular flexibility index (Phi) is 9.22. The summed E-state index contributed by atoms with van der Waals surface area (Å²) in [5.41, 5.74) is 2.87. The molecule has 1 saturated carbocycles. The number of carbonyl (C=O) groups is 1. The largest absolute Gasteiger partial charge is 0.490 e. The van der Waals surface area contributed by atoms with Gasteiger partial charge in [0, 0.05) is 31.1 Å². The Bertz CT molecular complexity index is 974. The van der Waals surface area contributed by atoms with Crippen LogP contribution in [0.25, 0.3) is 0 Å². The molecule has 4 rings (SSSR count). The summed E-state index contributed by atoms with van der Waals surface area (Å²) in [6, 6.07) is 8.23. The van der Waals surface area contributed by atoms with Crippen molar-refractivity contribution in [3.05, 3.63) is 51.2 Å². The van der Waals surface area contributed by atoms with Crippen molar-refractivity contribution in [2.75, 3.05) is 26.7 Å². The highest BCUT2D eigenvalue weighted by atomic mass is 32.1. The third-order valence-corrected chi connectivity index (χ3v) is 8.62. The normalized spacial score (nSPS) is 23.0. The number of thiophene rings is 1. The van der Waals surface area contributed by atoms with Gasteiger partial charge in [-0.25, -0.2) is 0 Å². The molecule has 0 bridgehead atoms. The number of fused-ring (bicyclic) bond motifs is 1. The fourth-order valence-corrected chi connectivity index (χ4v) is 5.85. The van der Waals surface area contributed by atoms with Gasteiger partial charge in [0.15, 0.2) is 0 Å². The summed E-state index contributed by atoms with van der Waals surface area (Å²) in [7, 11) is 1.87. The molecule has 6 nitrogen and oxygen atoms in total. The highest BCUT2D eigenvalue weighted by Gasteiger charge is 2.29. The summed E-state index contributed by atoms with van der Waals surface area (Å²) in [5.74, 6) is 0.545. The summed E-state index contributed by atoms with van der Waals surface area (Å²) in [6.45, 7) is 4.68. The maximum absolute atomic E-state index is 13.3. The lowest BCUT2D eigenvalue weighted by Gasteiger charge is -2.35. The van der Waals surface area contributed by atoms with Crippen molar-refractivity contribution in [1.29, 1.82) is 0 Å². The first-order chi connectivity index (χ1) is 16.9. The van der Waals surface area contributed by atoms with Gasteiger partial charge in [0.05, 0.1) is 11.7 Å². The molecule has 2 heterocycles. The predicted molar refractivity (Wildman–Crippen MR) is 140 cm³/mol. The number of aryl methyl sites for hydroxylation is 2. The average Bonchev–Trinajstić information content (AvgIpc) is 3.22. The molecule has 2 aromatic rings. The first-order valence-corrected chi connectivity index (χ1v) is 13.9. The summed E-state index contributed by atoms with van der Waals surface area (Å²) >= 11 is 1.78. The third-order valence-electron chi connectivity index (χ3n) is 7.61. The van der Waals surface area contributed by atoms with E-state index in [1.54, 1.807) is 11.3 Å². The lowest BCUT2D eigenvalue weighted by atomic mass is 9.91. The van der Waals surface area contributed by atoms with E-state index in [-0.39, 0.29) is 12.5 Å². The number of aliphatic hydroxyl groups is 2. The van der Waals surface area contributed by atoms with Crippen LogP contribution in [0.4, 0.5) is 0 Å². The number of carbonyl (C=O) groups excluding carboxylic acids is 1. The van der Waals surface area contributed by atoms with Gasteiger partial charge in [0.25, 0.3) is 5.91 Å². The highest BCUT2D eigenvalue weighted by Crippen LogP contribution is 2.31. The topological polar surface area (TPSA) is 73.2 Å². The molecule has 192 valence electrons. The second kappa shape index (κ2) is 12.3. The van der Waals surface area contributed by atoms with Gasteiger partial charge in [-0.15, -0.1) is 11.3 Å². The van der Waals surface area contributed by atoms with Crippen LogP contribution >= 0.6 is 11.3 Å². The molecule has 0 unspecified atom stereocenters. The lowest BCUT2D eigenvalue weighted by Crippen LogP contribution is -2.41.